The molecule has 0 unspecified atom stereocenters. The topological polar surface area (TPSA) is 41.6 Å². The maximum atomic E-state index is 3.89. The largest absolute Gasteiger partial charge is 0.335 e. The monoisotopic (exact) mass is 124 g/mol. The molecule has 1 radical (unpaired) electrons. The van der Waals surface area contributed by atoms with Crippen LogP contribution in [0.2, 0.25) is 0 Å². The molecule has 0 atom stereocenters. The van der Waals surface area contributed by atoms with E-state index in [2.05, 4.69) is 20.5 Å². The lowest BCUT2D eigenvalue weighted by Crippen LogP contribution is -1.59. The van der Waals surface area contributed by atoms with E-state index in [0.717, 1.165) is 10.5 Å². The smallest absolute Gasteiger partial charge is 0.189 e. The molecular formula is C4H2N3S. The van der Waals surface area contributed by atoms with Gasteiger partial charge in [-0.15, -0.1) is 0 Å². The van der Waals surface area contributed by atoms with Crippen LogP contribution in [-0.4, -0.2) is 15.0 Å². The molecule has 3 nitrogen and oxygen atoms in total. The van der Waals surface area contributed by atoms with Crippen molar-refractivity contribution in [3.63, 3.8) is 0 Å². The first kappa shape index (κ1) is 4.03. The number of rotatable bonds is 0. The van der Waals surface area contributed by atoms with Crippen LogP contribution in [0.15, 0.2) is 6.33 Å². The van der Waals surface area contributed by atoms with E-state index >= 15 is 0 Å². The molecule has 39 valence electrons. The first-order chi connectivity index (χ1) is 3.97. The summed E-state index contributed by atoms with van der Waals surface area (Å²) < 4.78 is 0. The Morgan fingerprint density at radius 1 is 1.75 bits per heavy atom. The molecule has 0 saturated carbocycles. The van der Waals surface area contributed by atoms with Crippen LogP contribution < -0.4 is 0 Å². The van der Waals surface area contributed by atoms with E-state index in [1.54, 1.807) is 6.33 Å². The van der Waals surface area contributed by atoms with Gasteiger partial charge < -0.3 is 4.98 Å². The van der Waals surface area contributed by atoms with E-state index in [0.29, 0.717) is 0 Å². The minimum Gasteiger partial charge on any atom is -0.335 e. The van der Waals surface area contributed by atoms with Crippen molar-refractivity contribution in [3.8, 4) is 0 Å². The summed E-state index contributed by atoms with van der Waals surface area (Å²) in [4.78, 5) is 11.6. The SMILES string of the molecule is [c]1nc2nc[nH]c2s1. The Bertz CT molecular complexity index is 233. The second kappa shape index (κ2) is 1.29. The van der Waals surface area contributed by atoms with Gasteiger partial charge in [0, 0.05) is 0 Å². The maximum Gasteiger partial charge on any atom is 0.189 e. The van der Waals surface area contributed by atoms with Gasteiger partial charge in [-0.2, -0.15) is 0 Å². The highest BCUT2D eigenvalue weighted by molar-refractivity contribution is 7.15. The molecule has 0 spiro atoms. The fourth-order valence-corrected chi connectivity index (χ4v) is 1.07. The summed E-state index contributed by atoms with van der Waals surface area (Å²) in [7, 11) is 0. The predicted molar refractivity (Wildman–Crippen MR) is 30.6 cm³/mol. The summed E-state index contributed by atoms with van der Waals surface area (Å²) in [5.41, 5.74) is 3.47. The quantitative estimate of drug-likeness (QED) is 0.565. The molecule has 0 aliphatic heterocycles. The molecule has 4 heteroatoms. The number of hydrogen-bond donors (Lipinski definition) is 1. The van der Waals surface area contributed by atoms with E-state index in [-0.39, 0.29) is 0 Å². The average molecular weight is 124 g/mol. The molecule has 2 aromatic heterocycles. The van der Waals surface area contributed by atoms with Crippen molar-refractivity contribution in [2.75, 3.05) is 0 Å². The number of aromatic amines is 1. The molecule has 1 N–H and O–H groups in total. The standard InChI is InChI=1S/C4H2N3S/c1-5-3-4(6-1)8-2-7-3/h1H,(H,5,6). The minimum atomic E-state index is 0.759. The Kier molecular flexibility index (Phi) is 0.648. The Balaban J connectivity index is 3.06. The molecule has 0 bridgehead atoms. The zero-order valence-corrected chi connectivity index (χ0v) is 4.70. The van der Waals surface area contributed by atoms with Crippen LogP contribution >= 0.6 is 11.3 Å². The van der Waals surface area contributed by atoms with Gasteiger partial charge in [0.1, 0.15) is 4.83 Å². The summed E-state index contributed by atoms with van der Waals surface area (Å²) in [5, 5.41) is 0. The molecule has 2 aromatic rings. The van der Waals surface area contributed by atoms with Gasteiger partial charge in [0.15, 0.2) is 11.2 Å². The molecule has 0 saturated heterocycles. The fraction of sp³-hybridized carbons (Fsp3) is 0. The summed E-state index contributed by atoms with van der Waals surface area (Å²) in [6.07, 6.45) is 1.63. The number of hydrogen-bond acceptors (Lipinski definition) is 3. The number of thiazole rings is 1. The Morgan fingerprint density at radius 3 is 3.62 bits per heavy atom. The van der Waals surface area contributed by atoms with Crippen molar-refractivity contribution < 1.29 is 0 Å². The predicted octanol–water partition coefficient (Wildman–Crippen LogP) is 0.820. The first-order valence-electron chi connectivity index (χ1n) is 2.13. The normalized spacial score (nSPS) is 10.5. The third-order valence-electron chi connectivity index (χ3n) is 0.885. The number of fused-ring (bicyclic) bond motifs is 1. The highest BCUT2D eigenvalue weighted by Crippen LogP contribution is 2.09. The van der Waals surface area contributed by atoms with Crippen LogP contribution in [0.1, 0.15) is 0 Å². The summed E-state index contributed by atoms with van der Waals surface area (Å²) in [6.45, 7) is 0. The lowest BCUT2D eigenvalue weighted by molar-refractivity contribution is 1.31. The van der Waals surface area contributed by atoms with Crippen molar-refractivity contribution >= 4 is 21.8 Å². The van der Waals surface area contributed by atoms with Gasteiger partial charge >= 0.3 is 0 Å². The number of imidazole rings is 1. The Hall–Kier alpha value is -0.900. The molecular weight excluding hydrogens is 122 g/mol. The molecule has 0 aliphatic carbocycles. The summed E-state index contributed by atoms with van der Waals surface area (Å²) >= 11 is 1.44. The highest BCUT2D eigenvalue weighted by atomic mass is 32.1. The van der Waals surface area contributed by atoms with E-state index in [9.17, 15) is 0 Å². The van der Waals surface area contributed by atoms with Crippen LogP contribution in [0.4, 0.5) is 0 Å². The number of H-pyrrole nitrogens is 1. The van der Waals surface area contributed by atoms with Crippen LogP contribution in [0.3, 0.4) is 0 Å². The molecule has 2 heterocycles. The molecule has 0 amide bonds. The van der Waals surface area contributed by atoms with Crippen molar-refractivity contribution in [1.82, 2.24) is 15.0 Å². The van der Waals surface area contributed by atoms with Gasteiger partial charge in [-0.05, 0) is 0 Å². The van der Waals surface area contributed by atoms with E-state index in [1.807, 2.05) is 0 Å². The van der Waals surface area contributed by atoms with Crippen molar-refractivity contribution in [2.24, 2.45) is 0 Å². The van der Waals surface area contributed by atoms with Gasteiger partial charge in [0.05, 0.1) is 6.33 Å². The van der Waals surface area contributed by atoms with E-state index in [1.165, 1.54) is 11.3 Å². The zero-order valence-electron chi connectivity index (χ0n) is 3.88. The molecule has 8 heavy (non-hydrogen) atoms. The Morgan fingerprint density at radius 2 is 2.75 bits per heavy atom. The number of aromatic nitrogens is 3. The average Bonchev–Trinajstić information content (AvgIpc) is 2.15. The molecule has 2 rings (SSSR count). The second-order valence-corrected chi connectivity index (χ2v) is 2.16. The molecule has 0 aliphatic rings. The third kappa shape index (κ3) is 0.376. The molecule has 0 fully saturated rings. The Labute approximate surface area is 49.4 Å². The lowest BCUT2D eigenvalue weighted by atomic mass is 10.8. The van der Waals surface area contributed by atoms with Crippen molar-refractivity contribution in [2.45, 2.75) is 0 Å². The van der Waals surface area contributed by atoms with E-state index < -0.39 is 0 Å². The van der Waals surface area contributed by atoms with Crippen molar-refractivity contribution in [3.05, 3.63) is 11.8 Å². The minimum absolute atomic E-state index is 0.759. The second-order valence-electron chi connectivity index (χ2n) is 1.36. The van der Waals surface area contributed by atoms with Crippen LogP contribution in [0, 0.1) is 5.51 Å². The maximum absolute atomic E-state index is 3.89. The lowest BCUT2D eigenvalue weighted by Gasteiger charge is -1.61. The first-order valence-corrected chi connectivity index (χ1v) is 2.94. The summed E-state index contributed by atoms with van der Waals surface area (Å²) in [5.74, 6) is 0. The number of nitrogens with zero attached hydrogens (tertiary/aromatic N) is 2. The zero-order chi connectivity index (χ0) is 5.40. The summed E-state index contributed by atoms with van der Waals surface area (Å²) in [6, 6.07) is 0. The fourth-order valence-electron chi connectivity index (χ4n) is 0.542. The van der Waals surface area contributed by atoms with Gasteiger partial charge in [0.25, 0.3) is 0 Å². The van der Waals surface area contributed by atoms with Gasteiger partial charge in [-0.3, -0.25) is 0 Å². The van der Waals surface area contributed by atoms with Crippen LogP contribution in [0.25, 0.3) is 10.5 Å². The van der Waals surface area contributed by atoms with Crippen LogP contribution in [-0.2, 0) is 0 Å². The van der Waals surface area contributed by atoms with Gasteiger partial charge in [-0.25, -0.2) is 9.97 Å². The van der Waals surface area contributed by atoms with Crippen LogP contribution in [0.5, 0.6) is 0 Å². The number of nitrogens with one attached hydrogen (secondary N) is 1. The van der Waals surface area contributed by atoms with Crippen molar-refractivity contribution in [1.29, 1.82) is 0 Å². The van der Waals surface area contributed by atoms with E-state index in [4.69, 9.17) is 0 Å². The highest BCUT2D eigenvalue weighted by Gasteiger charge is 1.94. The third-order valence-corrected chi connectivity index (χ3v) is 1.57. The molecule has 0 aromatic carbocycles. The van der Waals surface area contributed by atoms with Gasteiger partial charge in [-0.1, -0.05) is 11.3 Å². The van der Waals surface area contributed by atoms with Gasteiger partial charge in [0.2, 0.25) is 0 Å².